The first-order valence-electron chi connectivity index (χ1n) is 6.91. The van der Waals surface area contributed by atoms with E-state index in [0.29, 0.717) is 0 Å². The summed E-state index contributed by atoms with van der Waals surface area (Å²) >= 11 is 0. The van der Waals surface area contributed by atoms with E-state index < -0.39 is 6.36 Å². The second-order valence-electron chi connectivity index (χ2n) is 5.05. The lowest BCUT2D eigenvalue weighted by atomic mass is 10.00. The van der Waals surface area contributed by atoms with Gasteiger partial charge in [0.15, 0.2) is 0 Å². The molecule has 1 fully saturated rings. The van der Waals surface area contributed by atoms with E-state index in [9.17, 15) is 13.2 Å². The molecule has 1 aromatic rings. The number of nitrogens with one attached hydrogen (secondary N) is 1. The van der Waals surface area contributed by atoms with E-state index in [1.165, 1.54) is 12.1 Å². The number of hydrogen-bond acceptors (Lipinski definition) is 4. The second-order valence-corrected chi connectivity index (χ2v) is 5.05. The molecule has 118 valence electrons. The molecule has 7 heteroatoms. The molecule has 3 N–H and O–H groups in total. The molecule has 4 nitrogen and oxygen atoms in total. The van der Waals surface area contributed by atoms with Crippen LogP contribution in [0.4, 0.5) is 13.2 Å². The molecule has 0 bridgehead atoms. The molecule has 0 amide bonds. The Balaban J connectivity index is 1.91. The van der Waals surface area contributed by atoms with E-state index in [4.69, 9.17) is 10.6 Å². The van der Waals surface area contributed by atoms with E-state index in [2.05, 4.69) is 10.2 Å². The first-order valence-corrected chi connectivity index (χ1v) is 6.91. The Labute approximate surface area is 121 Å². The molecular weight excluding hydrogens is 285 g/mol. The average molecular weight is 304 g/mol. The highest BCUT2D eigenvalue weighted by atomic mass is 19.4. The third-order valence-electron chi connectivity index (χ3n) is 3.52. The molecule has 0 radical (unpaired) electrons. The number of halogens is 3. The summed E-state index contributed by atoms with van der Waals surface area (Å²) in [5.41, 5.74) is 3.52. The van der Waals surface area contributed by atoms with Crippen molar-refractivity contribution in [2.24, 2.45) is 5.84 Å². The maximum atomic E-state index is 12.1. The van der Waals surface area contributed by atoms with Crippen LogP contribution >= 0.6 is 0 Å². The van der Waals surface area contributed by atoms with Crippen LogP contribution in [-0.4, -0.2) is 19.1 Å². The number of alkyl halides is 3. The van der Waals surface area contributed by atoms with E-state index in [0.717, 1.165) is 37.9 Å². The number of benzene rings is 1. The maximum Gasteiger partial charge on any atom is 0.573 e. The Hall–Kier alpha value is -1.31. The van der Waals surface area contributed by atoms with Crippen LogP contribution < -0.4 is 16.0 Å². The standard InChI is InChI=1S/C14H19F3N2O2/c15-14(16,17)21-12-5-3-10(4-6-12)13(19-18)8-7-11-2-1-9-20-11/h3-6,11,13,19H,1-2,7-9,18H2. The summed E-state index contributed by atoms with van der Waals surface area (Å²) in [4.78, 5) is 0. The maximum absolute atomic E-state index is 12.1. The van der Waals surface area contributed by atoms with Crippen LogP contribution in [0.1, 0.15) is 37.3 Å². The minimum Gasteiger partial charge on any atom is -0.406 e. The molecule has 1 aliphatic rings. The van der Waals surface area contributed by atoms with E-state index in [1.807, 2.05) is 0 Å². The molecule has 1 heterocycles. The lowest BCUT2D eigenvalue weighted by Crippen LogP contribution is -2.28. The van der Waals surface area contributed by atoms with Gasteiger partial charge in [-0.3, -0.25) is 11.3 Å². The van der Waals surface area contributed by atoms with Crippen LogP contribution in [0.15, 0.2) is 24.3 Å². The predicted molar refractivity (Wildman–Crippen MR) is 71.4 cm³/mol. The fourth-order valence-corrected chi connectivity index (χ4v) is 2.47. The number of rotatable bonds is 6. The highest BCUT2D eigenvalue weighted by Crippen LogP contribution is 2.27. The Morgan fingerprint density at radius 1 is 1.33 bits per heavy atom. The van der Waals surface area contributed by atoms with Crippen molar-refractivity contribution in [1.82, 2.24) is 5.43 Å². The Kier molecular flexibility index (Phi) is 5.44. The summed E-state index contributed by atoms with van der Waals surface area (Å²) in [5.74, 6) is 5.29. The minimum atomic E-state index is -4.67. The molecule has 21 heavy (non-hydrogen) atoms. The topological polar surface area (TPSA) is 56.5 Å². The van der Waals surface area contributed by atoms with Crippen molar-refractivity contribution < 1.29 is 22.6 Å². The van der Waals surface area contributed by atoms with Crippen molar-refractivity contribution in [2.45, 2.75) is 44.2 Å². The van der Waals surface area contributed by atoms with Gasteiger partial charge < -0.3 is 9.47 Å². The van der Waals surface area contributed by atoms with Gasteiger partial charge in [-0.05, 0) is 43.4 Å². The summed E-state index contributed by atoms with van der Waals surface area (Å²) in [6.07, 6.45) is -0.651. The lowest BCUT2D eigenvalue weighted by Gasteiger charge is -2.19. The van der Waals surface area contributed by atoms with E-state index >= 15 is 0 Å². The third kappa shape index (κ3) is 5.18. The Morgan fingerprint density at radius 2 is 2.05 bits per heavy atom. The van der Waals surface area contributed by atoms with Gasteiger partial charge in [-0.15, -0.1) is 13.2 Å². The normalized spacial score (nSPS) is 20.5. The van der Waals surface area contributed by atoms with Gasteiger partial charge in [0, 0.05) is 12.6 Å². The summed E-state index contributed by atoms with van der Waals surface area (Å²) in [7, 11) is 0. The smallest absolute Gasteiger partial charge is 0.406 e. The zero-order valence-corrected chi connectivity index (χ0v) is 11.5. The molecule has 0 aliphatic carbocycles. The van der Waals surface area contributed by atoms with Gasteiger partial charge in [-0.25, -0.2) is 0 Å². The highest BCUT2D eigenvalue weighted by Gasteiger charge is 2.31. The summed E-state index contributed by atoms with van der Waals surface area (Å²) in [6, 6.07) is 5.63. The Bertz CT molecular complexity index is 431. The zero-order valence-electron chi connectivity index (χ0n) is 11.5. The van der Waals surface area contributed by atoms with Crippen molar-refractivity contribution >= 4 is 0 Å². The third-order valence-corrected chi connectivity index (χ3v) is 3.52. The molecular formula is C14H19F3N2O2. The summed E-state index contributed by atoms with van der Waals surface area (Å²) in [6.45, 7) is 0.800. The Morgan fingerprint density at radius 3 is 2.57 bits per heavy atom. The van der Waals surface area contributed by atoms with Crippen LogP contribution in [0.2, 0.25) is 0 Å². The van der Waals surface area contributed by atoms with Gasteiger partial charge in [-0.1, -0.05) is 12.1 Å². The molecule has 0 aromatic heterocycles. The fraction of sp³-hybridized carbons (Fsp3) is 0.571. The van der Waals surface area contributed by atoms with Gasteiger partial charge in [0.2, 0.25) is 0 Å². The minimum absolute atomic E-state index is 0.117. The molecule has 0 saturated carbocycles. The monoisotopic (exact) mass is 304 g/mol. The first kappa shape index (κ1) is 16.1. The van der Waals surface area contributed by atoms with Crippen molar-refractivity contribution in [3.05, 3.63) is 29.8 Å². The van der Waals surface area contributed by atoms with Crippen molar-refractivity contribution in [2.75, 3.05) is 6.61 Å². The highest BCUT2D eigenvalue weighted by molar-refractivity contribution is 5.29. The zero-order chi connectivity index (χ0) is 15.3. The van der Waals surface area contributed by atoms with Gasteiger partial charge in [-0.2, -0.15) is 0 Å². The molecule has 1 aliphatic heterocycles. The quantitative estimate of drug-likeness (QED) is 0.626. The lowest BCUT2D eigenvalue weighted by molar-refractivity contribution is -0.274. The largest absolute Gasteiger partial charge is 0.573 e. The molecule has 2 unspecified atom stereocenters. The van der Waals surface area contributed by atoms with Crippen LogP contribution in [0.3, 0.4) is 0 Å². The van der Waals surface area contributed by atoms with Gasteiger partial charge in [0.1, 0.15) is 5.75 Å². The van der Waals surface area contributed by atoms with Crippen LogP contribution in [-0.2, 0) is 4.74 Å². The van der Waals surface area contributed by atoms with Crippen LogP contribution in [0, 0.1) is 0 Å². The second kappa shape index (κ2) is 7.11. The van der Waals surface area contributed by atoms with E-state index in [1.54, 1.807) is 12.1 Å². The van der Waals surface area contributed by atoms with Crippen molar-refractivity contribution in [3.8, 4) is 5.75 Å². The fourth-order valence-electron chi connectivity index (χ4n) is 2.47. The van der Waals surface area contributed by atoms with Gasteiger partial charge >= 0.3 is 6.36 Å². The molecule has 2 rings (SSSR count). The average Bonchev–Trinajstić information content (AvgIpc) is 2.92. The van der Waals surface area contributed by atoms with Crippen LogP contribution in [0.5, 0.6) is 5.75 Å². The van der Waals surface area contributed by atoms with Crippen molar-refractivity contribution in [3.63, 3.8) is 0 Å². The first-order chi connectivity index (χ1) is 9.98. The molecule has 0 spiro atoms. The molecule has 1 aromatic carbocycles. The van der Waals surface area contributed by atoms with Crippen LogP contribution in [0.25, 0.3) is 0 Å². The van der Waals surface area contributed by atoms with E-state index in [-0.39, 0.29) is 17.9 Å². The van der Waals surface area contributed by atoms with Crippen molar-refractivity contribution in [1.29, 1.82) is 0 Å². The number of hydrazine groups is 1. The molecule has 1 saturated heterocycles. The number of nitrogens with two attached hydrogens (primary N) is 1. The predicted octanol–water partition coefficient (Wildman–Crippen LogP) is 3.05. The SMILES string of the molecule is NNC(CCC1CCCO1)c1ccc(OC(F)(F)F)cc1. The van der Waals surface area contributed by atoms with Gasteiger partial charge in [0.25, 0.3) is 0 Å². The summed E-state index contributed by atoms with van der Waals surface area (Å²) < 4.78 is 45.7. The van der Waals surface area contributed by atoms with Gasteiger partial charge in [0.05, 0.1) is 6.10 Å². The number of ether oxygens (including phenoxy) is 2. The summed E-state index contributed by atoms with van der Waals surface area (Å²) in [5, 5.41) is 0. The molecule has 2 atom stereocenters. The number of hydrogen-bond donors (Lipinski definition) is 2.